The molecular weight excluding hydrogens is 512 g/mol. The van der Waals surface area contributed by atoms with Crippen molar-refractivity contribution >= 4 is 17.9 Å². The van der Waals surface area contributed by atoms with E-state index in [9.17, 15) is 19.5 Å². The van der Waals surface area contributed by atoms with Gasteiger partial charge < -0.3 is 24.1 Å². The van der Waals surface area contributed by atoms with Crippen LogP contribution in [0, 0.1) is 34.5 Å². The van der Waals surface area contributed by atoms with Gasteiger partial charge in [0.2, 0.25) is 0 Å². The number of esters is 1. The van der Waals surface area contributed by atoms with Crippen LogP contribution < -0.4 is 0 Å². The Kier molecular flexibility index (Phi) is 6.78. The molecule has 218 valence electrons. The predicted octanol–water partition coefficient (Wildman–Crippen LogP) is 5.13. The number of ketones is 1. The fraction of sp³-hybridized carbons (Fsp3) is 0.656. The van der Waals surface area contributed by atoms with Gasteiger partial charge >= 0.3 is 12.1 Å². The summed E-state index contributed by atoms with van der Waals surface area (Å²) in [5, 5.41) is 13.0. The zero-order chi connectivity index (χ0) is 29.4. The SMILES string of the molecule is COC(=O)O[C@@]12COC1C[C@H](C)[C@@]1(C)C(=O)[C@H](C)C3=C(C)[C@@H](C)C[C@@](O)(C(OC(=O)c4ccccc4)C21)C3(C)C. The lowest BCUT2D eigenvalue weighted by molar-refractivity contribution is -0.337. The van der Waals surface area contributed by atoms with E-state index in [-0.39, 0.29) is 24.2 Å². The first-order chi connectivity index (χ1) is 18.7. The molecule has 1 saturated heterocycles. The van der Waals surface area contributed by atoms with E-state index in [4.69, 9.17) is 18.9 Å². The predicted molar refractivity (Wildman–Crippen MR) is 146 cm³/mol. The fourth-order valence-corrected chi connectivity index (χ4v) is 8.64. The third-order valence-electron chi connectivity index (χ3n) is 11.2. The van der Waals surface area contributed by atoms with Crippen molar-refractivity contribution in [2.24, 2.45) is 34.5 Å². The van der Waals surface area contributed by atoms with Gasteiger partial charge in [-0.1, -0.05) is 70.9 Å². The summed E-state index contributed by atoms with van der Waals surface area (Å²) < 4.78 is 23.4. The van der Waals surface area contributed by atoms with Crippen LogP contribution in [0.5, 0.6) is 0 Å². The summed E-state index contributed by atoms with van der Waals surface area (Å²) >= 11 is 0. The van der Waals surface area contributed by atoms with Crippen LogP contribution in [0.3, 0.4) is 0 Å². The van der Waals surface area contributed by atoms with E-state index in [1.54, 1.807) is 30.3 Å². The van der Waals surface area contributed by atoms with Crippen LogP contribution in [-0.2, 0) is 23.7 Å². The van der Waals surface area contributed by atoms with Crippen molar-refractivity contribution in [3.63, 3.8) is 0 Å². The molecule has 1 aliphatic heterocycles. The molecule has 9 atom stereocenters. The maximum Gasteiger partial charge on any atom is 0.508 e. The largest absolute Gasteiger partial charge is 0.508 e. The molecule has 3 unspecified atom stereocenters. The quantitative estimate of drug-likeness (QED) is 0.405. The summed E-state index contributed by atoms with van der Waals surface area (Å²) in [6.07, 6.45) is -1.85. The van der Waals surface area contributed by atoms with Gasteiger partial charge in [-0.3, -0.25) is 4.79 Å². The highest BCUT2D eigenvalue weighted by molar-refractivity contribution is 5.92. The number of methoxy groups -OCH3 is 1. The monoisotopic (exact) mass is 554 g/mol. The number of aliphatic hydroxyl groups is 1. The number of ether oxygens (including phenoxy) is 4. The zero-order valence-corrected chi connectivity index (χ0v) is 24.8. The Labute approximate surface area is 236 Å². The number of carbonyl (C=O) groups is 3. The van der Waals surface area contributed by atoms with Crippen LogP contribution in [0.25, 0.3) is 0 Å². The lowest BCUT2D eigenvalue weighted by Gasteiger charge is -2.68. The summed E-state index contributed by atoms with van der Waals surface area (Å²) in [5.41, 5.74) is -2.66. The molecule has 1 aromatic carbocycles. The number of benzene rings is 1. The van der Waals surface area contributed by atoms with Crippen molar-refractivity contribution in [2.45, 2.75) is 84.7 Å². The number of rotatable bonds is 3. The molecule has 1 aromatic rings. The van der Waals surface area contributed by atoms with Crippen LogP contribution in [0.1, 0.15) is 71.7 Å². The van der Waals surface area contributed by atoms with Crippen molar-refractivity contribution in [3.05, 3.63) is 47.0 Å². The summed E-state index contributed by atoms with van der Waals surface area (Å²) in [6, 6.07) is 8.61. The number of Topliss-reactive ketones (excluding diaryl/α,β-unsaturated/α-hetero) is 1. The maximum absolute atomic E-state index is 14.8. The number of hydrogen-bond acceptors (Lipinski definition) is 8. The molecular formula is C32H42O8. The number of carbonyl (C=O) groups excluding carboxylic acids is 3. The molecule has 5 rings (SSSR count). The molecule has 8 heteroatoms. The first-order valence-electron chi connectivity index (χ1n) is 14.3. The Balaban J connectivity index is 1.81. The average molecular weight is 555 g/mol. The molecule has 1 heterocycles. The molecule has 40 heavy (non-hydrogen) atoms. The average Bonchev–Trinajstić information content (AvgIpc) is 2.91. The van der Waals surface area contributed by atoms with Gasteiger partial charge in [-0.05, 0) is 43.7 Å². The van der Waals surface area contributed by atoms with E-state index in [0.29, 0.717) is 18.4 Å². The van der Waals surface area contributed by atoms with Crippen molar-refractivity contribution < 1.29 is 38.4 Å². The molecule has 8 nitrogen and oxygen atoms in total. The number of fused-ring (bicyclic) bond motifs is 5. The highest BCUT2D eigenvalue weighted by Gasteiger charge is 2.76. The van der Waals surface area contributed by atoms with Gasteiger partial charge in [-0.15, -0.1) is 0 Å². The maximum atomic E-state index is 14.8. The zero-order valence-electron chi connectivity index (χ0n) is 24.8. The molecule has 1 N–H and O–H groups in total. The standard InChI is InChI=1S/C32H42O8/c1-17-15-32(36)26(39-27(34)21-12-10-9-11-13-21)24-30(7,25(33)20(4)23(19(17)3)29(32,5)6)18(2)14-22-31(24,16-38-22)40-28(35)37-8/h9-13,17-18,20,22,24,26,36H,14-16H2,1-8H3/t17-,18-,20+,22?,24?,26?,30+,31-,32+/m0/s1. The van der Waals surface area contributed by atoms with Gasteiger partial charge in [0.25, 0.3) is 0 Å². The summed E-state index contributed by atoms with van der Waals surface area (Å²) in [5.74, 6) is -2.30. The van der Waals surface area contributed by atoms with Crippen molar-refractivity contribution in [3.8, 4) is 0 Å². The van der Waals surface area contributed by atoms with E-state index in [1.165, 1.54) is 7.11 Å². The Morgan fingerprint density at radius 3 is 2.30 bits per heavy atom. The highest BCUT2D eigenvalue weighted by atomic mass is 16.7. The topological polar surface area (TPSA) is 108 Å². The molecule has 2 bridgehead atoms. The van der Waals surface area contributed by atoms with E-state index in [0.717, 1.165) is 11.1 Å². The Morgan fingerprint density at radius 2 is 1.73 bits per heavy atom. The van der Waals surface area contributed by atoms with E-state index in [2.05, 4.69) is 0 Å². The van der Waals surface area contributed by atoms with Crippen molar-refractivity contribution in [2.75, 3.05) is 13.7 Å². The van der Waals surface area contributed by atoms with Crippen LogP contribution >= 0.6 is 0 Å². The number of hydrogen-bond donors (Lipinski definition) is 1. The Bertz CT molecular complexity index is 1250. The molecule has 0 radical (unpaired) electrons. The minimum absolute atomic E-state index is 0.00851. The molecule has 4 aliphatic rings. The van der Waals surface area contributed by atoms with Crippen molar-refractivity contribution in [1.29, 1.82) is 0 Å². The normalized spacial score (nSPS) is 41.9. The molecule has 0 aromatic heterocycles. The third kappa shape index (κ3) is 3.67. The second-order valence-electron chi connectivity index (χ2n) is 13.2. The third-order valence-corrected chi connectivity index (χ3v) is 11.2. The van der Waals surface area contributed by atoms with Crippen LogP contribution in [-0.4, -0.2) is 60.1 Å². The van der Waals surface area contributed by atoms with Gasteiger partial charge in [-0.25, -0.2) is 9.59 Å². The second-order valence-corrected chi connectivity index (χ2v) is 13.2. The molecule has 3 fully saturated rings. The first kappa shape index (κ1) is 28.8. The lowest BCUT2D eigenvalue weighted by atomic mass is 9.42. The molecule has 0 spiro atoms. The van der Waals surface area contributed by atoms with E-state index >= 15 is 0 Å². The summed E-state index contributed by atoms with van der Waals surface area (Å²) in [6.45, 7) is 13.7. The van der Waals surface area contributed by atoms with Gasteiger partial charge in [-0.2, -0.15) is 0 Å². The Morgan fingerprint density at radius 1 is 1.07 bits per heavy atom. The van der Waals surface area contributed by atoms with Gasteiger partial charge in [0.15, 0.2) is 5.60 Å². The summed E-state index contributed by atoms with van der Waals surface area (Å²) in [4.78, 5) is 41.3. The van der Waals surface area contributed by atoms with Crippen molar-refractivity contribution in [1.82, 2.24) is 0 Å². The van der Waals surface area contributed by atoms with Gasteiger partial charge in [0.1, 0.15) is 23.6 Å². The molecule has 0 amide bonds. The van der Waals surface area contributed by atoms with Gasteiger partial charge in [0, 0.05) is 16.7 Å². The van der Waals surface area contributed by atoms with Gasteiger partial charge in [0.05, 0.1) is 25.2 Å². The minimum Gasteiger partial charge on any atom is -0.455 e. The van der Waals surface area contributed by atoms with E-state index in [1.807, 2.05) is 48.5 Å². The lowest BCUT2D eigenvalue weighted by Crippen LogP contribution is -2.80. The highest BCUT2D eigenvalue weighted by Crippen LogP contribution is 2.66. The summed E-state index contributed by atoms with van der Waals surface area (Å²) in [7, 11) is 1.23. The molecule has 3 aliphatic carbocycles. The smallest absolute Gasteiger partial charge is 0.455 e. The second kappa shape index (κ2) is 9.41. The number of allylic oxidation sites excluding steroid dienone is 1. The van der Waals surface area contributed by atoms with Crippen LogP contribution in [0.15, 0.2) is 41.5 Å². The van der Waals surface area contributed by atoms with Crippen LogP contribution in [0.2, 0.25) is 0 Å². The fourth-order valence-electron chi connectivity index (χ4n) is 8.64. The van der Waals surface area contributed by atoms with E-state index < -0.39 is 58.2 Å². The Hall–Kier alpha value is -2.71. The first-order valence-corrected chi connectivity index (χ1v) is 14.3. The minimum atomic E-state index is -1.59. The van der Waals surface area contributed by atoms with Crippen LogP contribution in [0.4, 0.5) is 4.79 Å². The molecule has 2 saturated carbocycles.